The van der Waals surface area contributed by atoms with E-state index < -0.39 is 0 Å². The second kappa shape index (κ2) is 4.81. The first-order valence-corrected chi connectivity index (χ1v) is 5.77. The lowest BCUT2D eigenvalue weighted by Crippen LogP contribution is -2.29. The molecule has 0 spiro atoms. The fraction of sp³-hybridized carbons (Fsp3) is 0.917. The predicted molar refractivity (Wildman–Crippen MR) is 59.0 cm³/mol. The van der Waals surface area contributed by atoms with Crippen molar-refractivity contribution in [3.63, 3.8) is 0 Å². The normalized spacial score (nSPS) is 24.2. The van der Waals surface area contributed by atoms with E-state index in [1.165, 1.54) is 6.42 Å². The Morgan fingerprint density at radius 2 is 2.07 bits per heavy atom. The Bertz CT molecular complexity index is 193. The third-order valence-electron chi connectivity index (χ3n) is 2.89. The van der Waals surface area contributed by atoms with Gasteiger partial charge in [-0.05, 0) is 31.1 Å². The standard InChI is InChI=1S/C12H23NO/c1-12(2,3)8-7-10-6-4-5-9-13-11(10)14/h10H,4-9H2,1-3H3,(H,13,14). The highest BCUT2D eigenvalue weighted by Gasteiger charge is 2.22. The molecule has 1 aliphatic heterocycles. The lowest BCUT2D eigenvalue weighted by atomic mass is 9.85. The molecule has 0 aromatic carbocycles. The molecule has 2 heteroatoms. The molecule has 0 bridgehead atoms. The monoisotopic (exact) mass is 197 g/mol. The van der Waals surface area contributed by atoms with Gasteiger partial charge in [-0.3, -0.25) is 4.79 Å². The molecule has 1 atom stereocenters. The van der Waals surface area contributed by atoms with Crippen molar-refractivity contribution < 1.29 is 4.79 Å². The van der Waals surface area contributed by atoms with Gasteiger partial charge in [0, 0.05) is 12.5 Å². The highest BCUT2D eigenvalue weighted by Crippen LogP contribution is 2.26. The van der Waals surface area contributed by atoms with E-state index in [9.17, 15) is 4.79 Å². The molecule has 1 saturated heterocycles. The first-order chi connectivity index (χ1) is 6.49. The molecule has 0 saturated carbocycles. The van der Waals surface area contributed by atoms with E-state index >= 15 is 0 Å². The minimum Gasteiger partial charge on any atom is -0.356 e. The van der Waals surface area contributed by atoms with Crippen LogP contribution >= 0.6 is 0 Å². The summed E-state index contributed by atoms with van der Waals surface area (Å²) in [5.41, 5.74) is 0.354. The molecule has 0 aliphatic carbocycles. The zero-order valence-electron chi connectivity index (χ0n) is 9.73. The van der Waals surface area contributed by atoms with Crippen LogP contribution in [0.5, 0.6) is 0 Å². The van der Waals surface area contributed by atoms with Crippen molar-refractivity contribution in [1.29, 1.82) is 0 Å². The summed E-state index contributed by atoms with van der Waals surface area (Å²) in [5, 5.41) is 2.99. The Hall–Kier alpha value is -0.530. The largest absolute Gasteiger partial charge is 0.356 e. The molecule has 1 amide bonds. The number of rotatable bonds is 2. The van der Waals surface area contributed by atoms with Gasteiger partial charge in [0.05, 0.1) is 0 Å². The number of hydrogen-bond acceptors (Lipinski definition) is 1. The molecule has 1 unspecified atom stereocenters. The van der Waals surface area contributed by atoms with Crippen molar-refractivity contribution in [2.75, 3.05) is 6.54 Å². The topological polar surface area (TPSA) is 29.1 Å². The van der Waals surface area contributed by atoms with E-state index in [4.69, 9.17) is 0 Å². The van der Waals surface area contributed by atoms with Crippen LogP contribution in [0.2, 0.25) is 0 Å². The van der Waals surface area contributed by atoms with Crippen LogP contribution in [-0.4, -0.2) is 12.5 Å². The van der Waals surface area contributed by atoms with Crippen LogP contribution in [0.25, 0.3) is 0 Å². The first kappa shape index (κ1) is 11.5. The zero-order chi connectivity index (χ0) is 10.6. The Kier molecular flexibility index (Phi) is 3.97. The minimum atomic E-state index is 0.275. The second-order valence-corrected chi connectivity index (χ2v) is 5.58. The van der Waals surface area contributed by atoms with E-state index in [1.54, 1.807) is 0 Å². The van der Waals surface area contributed by atoms with Crippen LogP contribution in [0.15, 0.2) is 0 Å². The summed E-state index contributed by atoms with van der Waals surface area (Å²) in [6, 6.07) is 0. The van der Waals surface area contributed by atoms with Crippen LogP contribution in [0.3, 0.4) is 0 Å². The van der Waals surface area contributed by atoms with Crippen molar-refractivity contribution in [2.24, 2.45) is 11.3 Å². The van der Waals surface area contributed by atoms with Gasteiger partial charge in [-0.1, -0.05) is 27.2 Å². The van der Waals surface area contributed by atoms with Gasteiger partial charge in [-0.15, -0.1) is 0 Å². The number of nitrogens with one attached hydrogen (secondary N) is 1. The van der Waals surface area contributed by atoms with Gasteiger partial charge in [0.15, 0.2) is 0 Å². The van der Waals surface area contributed by atoms with E-state index in [-0.39, 0.29) is 11.8 Å². The first-order valence-electron chi connectivity index (χ1n) is 5.77. The van der Waals surface area contributed by atoms with Crippen LogP contribution in [-0.2, 0) is 4.79 Å². The molecule has 1 N–H and O–H groups in total. The fourth-order valence-electron chi connectivity index (χ4n) is 1.89. The highest BCUT2D eigenvalue weighted by atomic mass is 16.1. The van der Waals surface area contributed by atoms with Gasteiger partial charge in [-0.25, -0.2) is 0 Å². The van der Waals surface area contributed by atoms with E-state index in [2.05, 4.69) is 26.1 Å². The van der Waals surface area contributed by atoms with Crippen LogP contribution in [0, 0.1) is 11.3 Å². The van der Waals surface area contributed by atoms with Gasteiger partial charge in [0.1, 0.15) is 0 Å². The molecule has 2 nitrogen and oxygen atoms in total. The van der Waals surface area contributed by atoms with Gasteiger partial charge in [0.2, 0.25) is 5.91 Å². The molecule has 14 heavy (non-hydrogen) atoms. The second-order valence-electron chi connectivity index (χ2n) is 5.58. The molecule has 82 valence electrons. The van der Waals surface area contributed by atoms with Crippen molar-refractivity contribution >= 4 is 5.91 Å². The number of carbonyl (C=O) groups is 1. The maximum atomic E-state index is 11.6. The Morgan fingerprint density at radius 1 is 1.36 bits per heavy atom. The average Bonchev–Trinajstić information content (AvgIpc) is 2.25. The molecular formula is C12H23NO. The van der Waals surface area contributed by atoms with Crippen LogP contribution < -0.4 is 5.32 Å². The van der Waals surface area contributed by atoms with E-state index in [0.29, 0.717) is 5.41 Å². The Balaban J connectivity index is 2.37. The smallest absolute Gasteiger partial charge is 0.223 e. The molecular weight excluding hydrogens is 174 g/mol. The average molecular weight is 197 g/mol. The number of carbonyl (C=O) groups excluding carboxylic acids is 1. The lowest BCUT2D eigenvalue weighted by Gasteiger charge is -2.21. The molecule has 1 heterocycles. The highest BCUT2D eigenvalue weighted by molar-refractivity contribution is 5.78. The molecule has 0 aromatic rings. The molecule has 1 fully saturated rings. The molecule has 0 aromatic heterocycles. The maximum Gasteiger partial charge on any atom is 0.223 e. The minimum absolute atomic E-state index is 0.275. The van der Waals surface area contributed by atoms with E-state index in [1.807, 2.05) is 0 Å². The summed E-state index contributed by atoms with van der Waals surface area (Å²) < 4.78 is 0. The summed E-state index contributed by atoms with van der Waals surface area (Å²) >= 11 is 0. The molecule has 0 radical (unpaired) electrons. The maximum absolute atomic E-state index is 11.6. The van der Waals surface area contributed by atoms with Crippen LogP contribution in [0.1, 0.15) is 52.9 Å². The lowest BCUT2D eigenvalue weighted by molar-refractivity contribution is -0.125. The number of amides is 1. The summed E-state index contributed by atoms with van der Waals surface area (Å²) in [6.45, 7) is 7.59. The van der Waals surface area contributed by atoms with Gasteiger partial charge in [-0.2, -0.15) is 0 Å². The number of hydrogen-bond donors (Lipinski definition) is 1. The van der Waals surface area contributed by atoms with Crippen LogP contribution in [0.4, 0.5) is 0 Å². The van der Waals surface area contributed by atoms with E-state index in [0.717, 1.165) is 32.2 Å². The molecule has 1 rings (SSSR count). The quantitative estimate of drug-likeness (QED) is 0.724. The third-order valence-corrected chi connectivity index (χ3v) is 2.89. The summed E-state index contributed by atoms with van der Waals surface area (Å²) in [7, 11) is 0. The fourth-order valence-corrected chi connectivity index (χ4v) is 1.89. The van der Waals surface area contributed by atoms with Gasteiger partial charge >= 0.3 is 0 Å². The SMILES string of the molecule is CC(C)(C)CCC1CCCCNC1=O. The Labute approximate surface area is 87.5 Å². The third kappa shape index (κ3) is 4.12. The zero-order valence-corrected chi connectivity index (χ0v) is 9.73. The summed E-state index contributed by atoms with van der Waals surface area (Å²) in [4.78, 5) is 11.6. The van der Waals surface area contributed by atoms with Crippen molar-refractivity contribution in [1.82, 2.24) is 5.32 Å². The molecule has 1 aliphatic rings. The Morgan fingerprint density at radius 3 is 2.71 bits per heavy atom. The summed E-state index contributed by atoms with van der Waals surface area (Å²) in [5.74, 6) is 0.559. The van der Waals surface area contributed by atoms with Crippen molar-refractivity contribution in [2.45, 2.75) is 52.9 Å². The van der Waals surface area contributed by atoms with Gasteiger partial charge in [0.25, 0.3) is 0 Å². The van der Waals surface area contributed by atoms with Crippen molar-refractivity contribution in [3.8, 4) is 0 Å². The summed E-state index contributed by atoms with van der Waals surface area (Å²) in [6.07, 6.45) is 5.63. The van der Waals surface area contributed by atoms with Crippen molar-refractivity contribution in [3.05, 3.63) is 0 Å². The van der Waals surface area contributed by atoms with Gasteiger partial charge < -0.3 is 5.32 Å². The predicted octanol–water partition coefficient (Wildman–Crippen LogP) is 2.73.